The Labute approximate surface area is 129 Å². The van der Waals surface area contributed by atoms with Gasteiger partial charge in [0, 0.05) is 23.8 Å². The molecule has 1 aliphatic rings. The molecule has 0 aromatic heterocycles. The fraction of sp³-hybridized carbons (Fsp3) is 0.786. The third-order valence-corrected chi connectivity index (χ3v) is 4.28. The van der Waals surface area contributed by atoms with Crippen molar-refractivity contribution < 1.29 is 23.9 Å². The first-order chi connectivity index (χ1) is 9.71. The molecule has 0 aromatic rings. The predicted molar refractivity (Wildman–Crippen MR) is 80.3 cm³/mol. The summed E-state index contributed by atoms with van der Waals surface area (Å²) in [6.07, 6.45) is 1.30. The van der Waals surface area contributed by atoms with Crippen molar-refractivity contribution in [2.24, 2.45) is 0 Å². The van der Waals surface area contributed by atoms with Gasteiger partial charge >= 0.3 is 12.1 Å². The van der Waals surface area contributed by atoms with Crippen LogP contribution < -0.4 is 5.32 Å². The van der Waals surface area contributed by atoms with E-state index in [2.05, 4.69) is 5.32 Å². The molecule has 0 aromatic carbocycles. The van der Waals surface area contributed by atoms with E-state index in [0.717, 1.165) is 6.42 Å². The SMILES string of the molecule is COC(=O)C(CS[C@H]1CCC(=O)C1)NC(=O)OC(C)(C)C. The van der Waals surface area contributed by atoms with E-state index in [1.54, 1.807) is 20.8 Å². The first-order valence-corrected chi connectivity index (χ1v) is 7.97. The van der Waals surface area contributed by atoms with Gasteiger partial charge in [-0.05, 0) is 27.2 Å². The fourth-order valence-electron chi connectivity index (χ4n) is 1.92. The molecule has 1 rings (SSSR count). The standard InChI is InChI=1S/C14H23NO5S/c1-14(2,3)20-13(18)15-11(12(17)19-4)8-21-10-6-5-9(16)7-10/h10-11H,5-8H2,1-4H3,(H,15,18)/t10-,11?/m0/s1. The predicted octanol–water partition coefficient (Wildman–Crippen LogP) is 1.91. The minimum atomic E-state index is -0.773. The highest BCUT2D eigenvalue weighted by Crippen LogP contribution is 2.27. The van der Waals surface area contributed by atoms with Gasteiger partial charge < -0.3 is 14.8 Å². The summed E-state index contributed by atoms with van der Waals surface area (Å²) in [5.74, 6) is 0.101. The second kappa shape index (κ2) is 7.68. The summed E-state index contributed by atoms with van der Waals surface area (Å²) < 4.78 is 9.82. The number of hydrogen-bond donors (Lipinski definition) is 1. The lowest BCUT2D eigenvalue weighted by Crippen LogP contribution is -2.45. The lowest BCUT2D eigenvalue weighted by molar-refractivity contribution is -0.142. The second-order valence-electron chi connectivity index (χ2n) is 5.96. The first kappa shape index (κ1) is 17.8. The maximum Gasteiger partial charge on any atom is 0.408 e. The van der Waals surface area contributed by atoms with Crippen molar-refractivity contribution in [3.05, 3.63) is 0 Å². The molecule has 2 atom stereocenters. The van der Waals surface area contributed by atoms with Crippen LogP contribution in [0.15, 0.2) is 0 Å². The fourth-order valence-corrected chi connectivity index (χ4v) is 3.19. The van der Waals surface area contributed by atoms with Crippen molar-refractivity contribution in [1.82, 2.24) is 5.32 Å². The number of ketones is 1. The molecule has 1 N–H and O–H groups in total. The maximum absolute atomic E-state index is 11.7. The number of rotatable bonds is 5. The van der Waals surface area contributed by atoms with Crippen LogP contribution in [0.4, 0.5) is 4.79 Å². The molecule has 1 unspecified atom stereocenters. The zero-order valence-corrected chi connectivity index (χ0v) is 13.7. The van der Waals surface area contributed by atoms with Crippen LogP contribution >= 0.6 is 11.8 Å². The number of esters is 1. The van der Waals surface area contributed by atoms with Crippen LogP contribution in [0.5, 0.6) is 0 Å². The molecule has 0 heterocycles. The number of alkyl carbamates (subject to hydrolysis) is 1. The van der Waals surface area contributed by atoms with Gasteiger partial charge in [-0.3, -0.25) is 4.79 Å². The number of nitrogens with one attached hydrogen (secondary N) is 1. The molecule has 0 aliphatic heterocycles. The molecule has 1 amide bonds. The molecule has 1 fully saturated rings. The number of carbonyl (C=O) groups excluding carboxylic acids is 3. The van der Waals surface area contributed by atoms with Crippen molar-refractivity contribution in [3.63, 3.8) is 0 Å². The van der Waals surface area contributed by atoms with E-state index in [4.69, 9.17) is 9.47 Å². The number of carbonyl (C=O) groups is 3. The van der Waals surface area contributed by atoms with Gasteiger partial charge in [0.15, 0.2) is 0 Å². The van der Waals surface area contributed by atoms with E-state index >= 15 is 0 Å². The molecular weight excluding hydrogens is 294 g/mol. The molecule has 7 heteroatoms. The van der Waals surface area contributed by atoms with Crippen LogP contribution in [-0.4, -0.2) is 47.6 Å². The van der Waals surface area contributed by atoms with E-state index in [9.17, 15) is 14.4 Å². The second-order valence-corrected chi connectivity index (χ2v) is 7.29. The minimum Gasteiger partial charge on any atom is -0.467 e. The lowest BCUT2D eigenvalue weighted by Gasteiger charge is -2.23. The number of ether oxygens (including phenoxy) is 2. The third kappa shape index (κ3) is 6.84. The number of Topliss-reactive ketones (excluding diaryl/α,β-unsaturated/α-hetero) is 1. The maximum atomic E-state index is 11.7. The van der Waals surface area contributed by atoms with Crippen LogP contribution in [0.3, 0.4) is 0 Å². The van der Waals surface area contributed by atoms with Gasteiger partial charge in [-0.15, -0.1) is 0 Å². The molecule has 0 spiro atoms. The number of thioether (sulfide) groups is 1. The Bertz CT molecular complexity index is 405. The molecule has 120 valence electrons. The molecule has 0 bridgehead atoms. The molecule has 1 aliphatic carbocycles. The van der Waals surface area contributed by atoms with Crippen molar-refractivity contribution >= 4 is 29.6 Å². The van der Waals surface area contributed by atoms with Crippen LogP contribution in [0.2, 0.25) is 0 Å². The summed E-state index contributed by atoms with van der Waals surface area (Å²) in [6.45, 7) is 5.25. The topological polar surface area (TPSA) is 81.7 Å². The summed E-state index contributed by atoms with van der Waals surface area (Å²) in [6, 6.07) is -0.773. The van der Waals surface area contributed by atoms with Gasteiger partial charge in [-0.2, -0.15) is 11.8 Å². The molecule has 0 radical (unpaired) electrons. The molecular formula is C14H23NO5S. The van der Waals surface area contributed by atoms with Gasteiger partial charge in [-0.1, -0.05) is 0 Å². The van der Waals surface area contributed by atoms with E-state index in [1.165, 1.54) is 18.9 Å². The number of amides is 1. The zero-order valence-electron chi connectivity index (χ0n) is 12.9. The Hall–Kier alpha value is -1.24. The van der Waals surface area contributed by atoms with Gasteiger partial charge in [-0.25, -0.2) is 9.59 Å². The van der Waals surface area contributed by atoms with Gasteiger partial charge in [0.2, 0.25) is 0 Å². The summed E-state index contributed by atoms with van der Waals surface area (Å²) in [7, 11) is 1.27. The van der Waals surface area contributed by atoms with Crippen molar-refractivity contribution in [1.29, 1.82) is 0 Å². The number of methoxy groups -OCH3 is 1. The van der Waals surface area contributed by atoms with E-state index < -0.39 is 23.7 Å². The van der Waals surface area contributed by atoms with Gasteiger partial charge in [0.25, 0.3) is 0 Å². The Morgan fingerprint density at radius 3 is 2.57 bits per heavy atom. The summed E-state index contributed by atoms with van der Waals surface area (Å²) in [5, 5.41) is 2.73. The quantitative estimate of drug-likeness (QED) is 0.780. The Morgan fingerprint density at radius 2 is 2.10 bits per heavy atom. The average Bonchev–Trinajstić information content (AvgIpc) is 2.77. The average molecular weight is 317 g/mol. The molecule has 1 saturated carbocycles. The summed E-state index contributed by atoms with van der Waals surface area (Å²) in [4.78, 5) is 34.7. The summed E-state index contributed by atoms with van der Waals surface area (Å²) in [5.41, 5.74) is -0.629. The Morgan fingerprint density at radius 1 is 1.43 bits per heavy atom. The van der Waals surface area contributed by atoms with E-state index in [-0.39, 0.29) is 11.0 Å². The largest absolute Gasteiger partial charge is 0.467 e. The van der Waals surface area contributed by atoms with Crippen molar-refractivity contribution in [2.75, 3.05) is 12.9 Å². The van der Waals surface area contributed by atoms with Crippen LogP contribution in [0, 0.1) is 0 Å². The highest BCUT2D eigenvalue weighted by Gasteiger charge is 2.28. The van der Waals surface area contributed by atoms with Crippen molar-refractivity contribution in [3.8, 4) is 0 Å². The van der Waals surface area contributed by atoms with Crippen LogP contribution in [0.1, 0.15) is 40.0 Å². The molecule has 0 saturated heterocycles. The van der Waals surface area contributed by atoms with Gasteiger partial charge in [0.1, 0.15) is 17.4 Å². The monoisotopic (exact) mass is 317 g/mol. The van der Waals surface area contributed by atoms with Crippen LogP contribution in [-0.2, 0) is 19.1 Å². The summed E-state index contributed by atoms with van der Waals surface area (Å²) >= 11 is 1.51. The minimum absolute atomic E-state index is 0.213. The van der Waals surface area contributed by atoms with Gasteiger partial charge in [0.05, 0.1) is 7.11 Å². The van der Waals surface area contributed by atoms with E-state index in [1.807, 2.05) is 0 Å². The Balaban J connectivity index is 2.49. The molecule has 21 heavy (non-hydrogen) atoms. The Kier molecular flexibility index (Phi) is 6.51. The van der Waals surface area contributed by atoms with Crippen molar-refractivity contribution in [2.45, 2.75) is 56.9 Å². The normalized spacial score (nSPS) is 20.0. The number of hydrogen-bond acceptors (Lipinski definition) is 6. The highest BCUT2D eigenvalue weighted by atomic mass is 32.2. The van der Waals surface area contributed by atoms with E-state index in [0.29, 0.717) is 18.6 Å². The lowest BCUT2D eigenvalue weighted by atomic mass is 10.2. The smallest absolute Gasteiger partial charge is 0.408 e. The highest BCUT2D eigenvalue weighted by molar-refractivity contribution is 8.00. The zero-order chi connectivity index (χ0) is 16.0. The first-order valence-electron chi connectivity index (χ1n) is 6.92. The molecule has 6 nitrogen and oxygen atoms in total. The van der Waals surface area contributed by atoms with Crippen LogP contribution in [0.25, 0.3) is 0 Å². The third-order valence-electron chi connectivity index (χ3n) is 2.88.